The Balaban J connectivity index is 1.76. The summed E-state index contributed by atoms with van der Waals surface area (Å²) in [5.41, 5.74) is 3.65. The van der Waals surface area contributed by atoms with Crippen LogP contribution in [0.25, 0.3) is 11.0 Å². The standard InChI is InChI=1S/C21H24N2O3/c1-4-25-14-18-17-7-5-6-8-19(17)26-20(18)21(24)22-13-15-9-11-16(12-10-15)23(2)3/h5-12H,4,13-14H2,1-3H3,(H,22,24). The molecule has 0 saturated heterocycles. The highest BCUT2D eigenvalue weighted by Crippen LogP contribution is 2.26. The highest BCUT2D eigenvalue weighted by Gasteiger charge is 2.20. The molecular weight excluding hydrogens is 328 g/mol. The number of nitrogens with zero attached hydrogens (tertiary/aromatic N) is 1. The molecule has 0 atom stereocenters. The van der Waals surface area contributed by atoms with Gasteiger partial charge in [-0.1, -0.05) is 30.3 Å². The van der Waals surface area contributed by atoms with Crippen LogP contribution in [0.1, 0.15) is 28.6 Å². The third-order valence-corrected chi connectivity index (χ3v) is 4.26. The number of hydrogen-bond acceptors (Lipinski definition) is 4. The van der Waals surface area contributed by atoms with Gasteiger partial charge < -0.3 is 19.4 Å². The summed E-state index contributed by atoms with van der Waals surface area (Å²) in [6.07, 6.45) is 0. The van der Waals surface area contributed by atoms with Gasteiger partial charge in [0.2, 0.25) is 0 Å². The number of nitrogens with one attached hydrogen (secondary N) is 1. The normalized spacial score (nSPS) is 10.9. The van der Waals surface area contributed by atoms with E-state index in [9.17, 15) is 4.79 Å². The SMILES string of the molecule is CCOCc1c(C(=O)NCc2ccc(N(C)C)cc2)oc2ccccc12. The van der Waals surface area contributed by atoms with Crippen molar-refractivity contribution in [3.8, 4) is 0 Å². The van der Waals surface area contributed by atoms with Crippen molar-refractivity contribution in [2.24, 2.45) is 0 Å². The Morgan fingerprint density at radius 3 is 2.54 bits per heavy atom. The number of amides is 1. The number of rotatable bonds is 7. The first-order valence-electron chi connectivity index (χ1n) is 8.72. The summed E-state index contributed by atoms with van der Waals surface area (Å²) in [6.45, 7) is 3.31. The average Bonchev–Trinajstić information content (AvgIpc) is 3.03. The van der Waals surface area contributed by atoms with Gasteiger partial charge in [0.15, 0.2) is 5.76 Å². The van der Waals surface area contributed by atoms with E-state index in [1.165, 1.54) is 0 Å². The zero-order valence-electron chi connectivity index (χ0n) is 15.4. The van der Waals surface area contributed by atoms with Crippen molar-refractivity contribution in [3.05, 3.63) is 65.4 Å². The van der Waals surface area contributed by atoms with Crippen LogP contribution >= 0.6 is 0 Å². The molecule has 0 saturated carbocycles. The molecule has 0 aliphatic heterocycles. The monoisotopic (exact) mass is 352 g/mol. The molecule has 3 aromatic rings. The van der Waals surface area contributed by atoms with Gasteiger partial charge in [0.25, 0.3) is 5.91 Å². The molecule has 2 aromatic carbocycles. The zero-order chi connectivity index (χ0) is 18.5. The lowest BCUT2D eigenvalue weighted by Crippen LogP contribution is -2.23. The maximum atomic E-state index is 12.7. The number of furan rings is 1. The van der Waals surface area contributed by atoms with Gasteiger partial charge in [-0.3, -0.25) is 4.79 Å². The largest absolute Gasteiger partial charge is 0.451 e. The number of fused-ring (bicyclic) bond motifs is 1. The maximum Gasteiger partial charge on any atom is 0.287 e. The fraction of sp³-hybridized carbons (Fsp3) is 0.286. The van der Waals surface area contributed by atoms with E-state index in [0.29, 0.717) is 31.1 Å². The summed E-state index contributed by atoms with van der Waals surface area (Å²) < 4.78 is 11.3. The topological polar surface area (TPSA) is 54.7 Å². The van der Waals surface area contributed by atoms with Gasteiger partial charge in [-0.2, -0.15) is 0 Å². The van der Waals surface area contributed by atoms with E-state index in [-0.39, 0.29) is 5.91 Å². The molecule has 26 heavy (non-hydrogen) atoms. The lowest BCUT2D eigenvalue weighted by molar-refractivity contribution is 0.0912. The maximum absolute atomic E-state index is 12.7. The minimum Gasteiger partial charge on any atom is -0.451 e. The first kappa shape index (κ1) is 18.0. The molecule has 1 amide bonds. The Morgan fingerprint density at radius 1 is 1.12 bits per heavy atom. The molecule has 0 aliphatic carbocycles. The van der Waals surface area contributed by atoms with Gasteiger partial charge in [0.05, 0.1) is 6.61 Å². The molecule has 1 N–H and O–H groups in total. The van der Waals surface area contributed by atoms with Crippen molar-refractivity contribution < 1.29 is 13.9 Å². The van der Waals surface area contributed by atoms with Crippen molar-refractivity contribution in [2.75, 3.05) is 25.6 Å². The summed E-state index contributed by atoms with van der Waals surface area (Å²) >= 11 is 0. The van der Waals surface area contributed by atoms with Crippen LogP contribution in [0.2, 0.25) is 0 Å². The van der Waals surface area contributed by atoms with E-state index in [1.54, 1.807) is 0 Å². The second-order valence-electron chi connectivity index (χ2n) is 6.29. The molecule has 1 aromatic heterocycles. The Bertz CT molecular complexity index is 882. The smallest absolute Gasteiger partial charge is 0.287 e. The lowest BCUT2D eigenvalue weighted by Gasteiger charge is -2.12. The highest BCUT2D eigenvalue weighted by molar-refractivity contribution is 5.99. The van der Waals surface area contributed by atoms with Crippen LogP contribution in [0, 0.1) is 0 Å². The van der Waals surface area contributed by atoms with Gasteiger partial charge in [-0.25, -0.2) is 0 Å². The van der Waals surface area contributed by atoms with Crippen LogP contribution in [0.15, 0.2) is 52.9 Å². The summed E-state index contributed by atoms with van der Waals surface area (Å²) in [4.78, 5) is 14.7. The molecule has 0 fully saturated rings. The third kappa shape index (κ3) is 3.89. The molecule has 0 spiro atoms. The number of hydrogen-bond donors (Lipinski definition) is 1. The van der Waals surface area contributed by atoms with Crippen molar-refractivity contribution >= 4 is 22.6 Å². The summed E-state index contributed by atoms with van der Waals surface area (Å²) in [7, 11) is 4.00. The van der Waals surface area contributed by atoms with Crippen molar-refractivity contribution in [3.63, 3.8) is 0 Å². The van der Waals surface area contributed by atoms with E-state index in [0.717, 1.165) is 22.2 Å². The number of carbonyl (C=O) groups excluding carboxylic acids is 1. The fourth-order valence-corrected chi connectivity index (χ4v) is 2.80. The van der Waals surface area contributed by atoms with Gasteiger partial charge in [0.1, 0.15) is 5.58 Å². The van der Waals surface area contributed by atoms with Crippen molar-refractivity contribution in [1.82, 2.24) is 5.32 Å². The molecule has 136 valence electrons. The van der Waals surface area contributed by atoms with Gasteiger partial charge in [-0.15, -0.1) is 0 Å². The summed E-state index contributed by atoms with van der Waals surface area (Å²) in [5, 5.41) is 3.86. The minimum absolute atomic E-state index is 0.229. The van der Waals surface area contributed by atoms with Crippen LogP contribution in [-0.4, -0.2) is 26.6 Å². The van der Waals surface area contributed by atoms with E-state index >= 15 is 0 Å². The molecule has 0 aliphatic rings. The molecule has 0 bridgehead atoms. The molecular formula is C21H24N2O3. The lowest BCUT2D eigenvalue weighted by atomic mass is 10.1. The number of ether oxygens (including phenoxy) is 1. The number of anilines is 1. The molecule has 0 radical (unpaired) electrons. The average molecular weight is 352 g/mol. The molecule has 0 unspecified atom stereocenters. The van der Waals surface area contributed by atoms with Crippen LogP contribution in [0.3, 0.4) is 0 Å². The predicted molar refractivity (Wildman–Crippen MR) is 103 cm³/mol. The van der Waals surface area contributed by atoms with E-state index in [1.807, 2.05) is 74.4 Å². The first-order chi connectivity index (χ1) is 12.6. The van der Waals surface area contributed by atoms with E-state index < -0.39 is 0 Å². The second kappa shape index (κ2) is 8.06. The van der Waals surface area contributed by atoms with Gasteiger partial charge >= 0.3 is 0 Å². The fourth-order valence-electron chi connectivity index (χ4n) is 2.80. The van der Waals surface area contributed by atoms with Crippen LogP contribution in [0.5, 0.6) is 0 Å². The molecule has 5 nitrogen and oxygen atoms in total. The minimum atomic E-state index is -0.229. The quantitative estimate of drug-likeness (QED) is 0.699. The summed E-state index contributed by atoms with van der Waals surface area (Å²) in [6, 6.07) is 15.7. The van der Waals surface area contributed by atoms with Crippen molar-refractivity contribution in [1.29, 1.82) is 0 Å². The van der Waals surface area contributed by atoms with E-state index in [2.05, 4.69) is 5.32 Å². The van der Waals surface area contributed by atoms with Gasteiger partial charge in [-0.05, 0) is 30.7 Å². The third-order valence-electron chi connectivity index (χ3n) is 4.26. The van der Waals surface area contributed by atoms with Crippen LogP contribution < -0.4 is 10.2 Å². The van der Waals surface area contributed by atoms with Crippen LogP contribution in [0.4, 0.5) is 5.69 Å². The van der Waals surface area contributed by atoms with E-state index in [4.69, 9.17) is 9.15 Å². The highest BCUT2D eigenvalue weighted by atomic mass is 16.5. The Kier molecular flexibility index (Phi) is 5.58. The zero-order valence-corrected chi connectivity index (χ0v) is 15.4. The predicted octanol–water partition coefficient (Wildman–Crippen LogP) is 3.97. The number of para-hydroxylation sites is 1. The molecule has 3 rings (SSSR count). The Morgan fingerprint density at radius 2 is 1.85 bits per heavy atom. The van der Waals surface area contributed by atoms with Gasteiger partial charge in [0, 0.05) is 43.9 Å². The molecule has 5 heteroatoms. The summed E-state index contributed by atoms with van der Waals surface area (Å²) in [5.74, 6) is 0.0946. The van der Waals surface area contributed by atoms with Crippen molar-refractivity contribution in [2.45, 2.75) is 20.1 Å². The Hall–Kier alpha value is -2.79. The van der Waals surface area contributed by atoms with Crippen LogP contribution in [-0.2, 0) is 17.9 Å². The number of carbonyl (C=O) groups is 1. The Labute approximate surface area is 153 Å². The second-order valence-corrected chi connectivity index (χ2v) is 6.29. The number of benzene rings is 2. The first-order valence-corrected chi connectivity index (χ1v) is 8.72. The molecule has 1 heterocycles.